The minimum absolute atomic E-state index is 0.0269. The number of nitrogens with zero attached hydrogens (tertiary/aromatic N) is 8. The zero-order valence-corrected chi connectivity index (χ0v) is 82.0. The molecule has 0 saturated carbocycles. The van der Waals surface area contributed by atoms with E-state index < -0.39 is 0 Å². The molecule has 0 unspecified atom stereocenters. The second kappa shape index (κ2) is 36.3. The minimum Gasteiger partial charge on any atom is -0.230 e. The quantitative estimate of drug-likeness (QED) is 0.0973. The number of imidazole rings is 4. The fourth-order valence-electron chi connectivity index (χ4n) is 19.2. The van der Waals surface area contributed by atoms with Gasteiger partial charge in [0, 0.05) is 38.8 Å². The molecule has 0 N–H and O–H groups in total. The summed E-state index contributed by atoms with van der Waals surface area (Å²) in [7, 11) is 4.31. The first-order chi connectivity index (χ1) is 58.3. The molecule has 4 aromatic heterocycles. The lowest BCUT2D eigenvalue weighted by Gasteiger charge is -2.27. The van der Waals surface area contributed by atoms with Gasteiger partial charge in [0.2, 0.25) is 0 Å². The molecule has 15 aromatic rings. The molecule has 4 heterocycles. The van der Waals surface area contributed by atoms with Crippen molar-refractivity contribution in [2.24, 2.45) is 14.1 Å². The summed E-state index contributed by atoms with van der Waals surface area (Å²) in [4.78, 5) is 0. The summed E-state index contributed by atoms with van der Waals surface area (Å²) in [5, 5.41) is 0. The third kappa shape index (κ3) is 18.3. The van der Waals surface area contributed by atoms with Crippen LogP contribution in [0.3, 0.4) is 0 Å². The zero-order valence-electron chi connectivity index (χ0n) is 82.0. The van der Waals surface area contributed by atoms with Gasteiger partial charge in [-0.15, -0.1) is 0 Å². The molecule has 0 saturated heterocycles. The summed E-state index contributed by atoms with van der Waals surface area (Å²) in [6.07, 6.45) is 4.40. The summed E-state index contributed by atoms with van der Waals surface area (Å²) >= 11 is 0. The van der Waals surface area contributed by atoms with Gasteiger partial charge in [0.1, 0.15) is 46.5 Å². The van der Waals surface area contributed by atoms with Crippen LogP contribution in [0.1, 0.15) is 303 Å². The summed E-state index contributed by atoms with van der Waals surface area (Å²) in [5.74, 6) is 7.68. The van der Waals surface area contributed by atoms with Gasteiger partial charge in [-0.3, -0.25) is 0 Å². The molecule has 124 heavy (non-hydrogen) atoms. The largest absolute Gasteiger partial charge is 0.264 e. The highest BCUT2D eigenvalue weighted by molar-refractivity contribution is 5.82. The predicted molar refractivity (Wildman–Crippen MR) is 529 cm³/mol. The summed E-state index contributed by atoms with van der Waals surface area (Å²) in [5.41, 5.74) is 40.5. The SMILES string of the molecule is Cc1c(-[n+]2c(C)n(-c3ccccc3)c3ccccc32)cccc1C(C)(C)C.Cc1c(-[n+]2ccn(-c3ccccc3)c2C)cc(-c2c(C(C)C)cc(C(C)C)cc2C(C)C)cc1C(C)(C)C.Cc1c(-n2c(C)[n+](C)c3ccccc32)cc(-c2c(C(C)C)cc(C(C)C)cc2C(C)C)cc1C(C)(C)C.Cc1c(-n2c(C)[n+](C)c3ccccc32)cccc1C(C)(C)C. The van der Waals surface area contributed by atoms with Crippen LogP contribution in [0.4, 0.5) is 0 Å². The second-order valence-corrected chi connectivity index (χ2v) is 41.1. The van der Waals surface area contributed by atoms with E-state index in [0.717, 1.165) is 0 Å². The van der Waals surface area contributed by atoms with Crippen molar-refractivity contribution in [3.8, 4) is 56.4 Å². The van der Waals surface area contributed by atoms with E-state index in [0.29, 0.717) is 35.5 Å². The average molecular weight is 1650 g/mol. The van der Waals surface area contributed by atoms with Crippen molar-refractivity contribution in [1.29, 1.82) is 0 Å². The molecule has 0 amide bonds. The lowest BCUT2D eigenvalue weighted by Crippen LogP contribution is -2.35. The van der Waals surface area contributed by atoms with E-state index in [-0.39, 0.29) is 21.7 Å². The van der Waals surface area contributed by atoms with Gasteiger partial charge in [-0.2, -0.15) is 27.4 Å². The molecule has 0 spiro atoms. The molecular weight excluding hydrogens is 1510 g/mol. The first-order valence-electron chi connectivity index (χ1n) is 45.8. The Morgan fingerprint density at radius 2 is 0.637 bits per heavy atom. The van der Waals surface area contributed by atoms with Gasteiger partial charge in [-0.1, -0.05) is 300 Å². The van der Waals surface area contributed by atoms with Crippen LogP contribution in [0.25, 0.3) is 89.5 Å². The molecule has 11 aromatic carbocycles. The highest BCUT2D eigenvalue weighted by atomic mass is 15.2. The maximum Gasteiger partial charge on any atom is 0.264 e. The van der Waals surface area contributed by atoms with Crippen LogP contribution in [-0.4, -0.2) is 18.3 Å². The Hall–Kier alpha value is -11.0. The van der Waals surface area contributed by atoms with Gasteiger partial charge in [0.25, 0.3) is 23.3 Å². The fraction of sp³-hybridized carbons (Fsp3) is 0.379. The number of hydrogen-bond acceptors (Lipinski definition) is 0. The summed E-state index contributed by atoms with van der Waals surface area (Å²) < 4.78 is 18.8. The molecule has 0 aliphatic rings. The van der Waals surface area contributed by atoms with E-state index >= 15 is 0 Å². The van der Waals surface area contributed by atoms with Crippen LogP contribution >= 0.6 is 0 Å². The van der Waals surface area contributed by atoms with E-state index in [4.69, 9.17) is 0 Å². The van der Waals surface area contributed by atoms with Gasteiger partial charge in [0.05, 0.1) is 14.1 Å². The number of aryl methyl sites for hydroxylation is 2. The number of fused-ring (bicyclic) bond motifs is 3. The maximum absolute atomic E-state index is 2.49. The monoisotopic (exact) mass is 1650 g/mol. The van der Waals surface area contributed by atoms with E-state index in [1.165, 1.54) is 191 Å². The van der Waals surface area contributed by atoms with Gasteiger partial charge in [-0.25, -0.2) is 9.13 Å². The molecule has 646 valence electrons. The van der Waals surface area contributed by atoms with Crippen molar-refractivity contribution >= 4 is 33.1 Å². The van der Waals surface area contributed by atoms with Crippen molar-refractivity contribution in [3.05, 3.63) is 332 Å². The number of hydrogen-bond donors (Lipinski definition) is 0. The molecule has 15 rings (SSSR count). The minimum atomic E-state index is 0.0269. The Morgan fingerprint density at radius 1 is 0.282 bits per heavy atom. The van der Waals surface area contributed by atoms with Gasteiger partial charge < -0.3 is 0 Å². The molecule has 0 atom stereocenters. The molecule has 0 radical (unpaired) electrons. The van der Waals surface area contributed by atoms with Crippen molar-refractivity contribution < 1.29 is 18.3 Å². The van der Waals surface area contributed by atoms with Crippen LogP contribution in [0.15, 0.2) is 231 Å². The van der Waals surface area contributed by atoms with Crippen LogP contribution in [0.2, 0.25) is 0 Å². The lowest BCUT2D eigenvalue weighted by atomic mass is 9.78. The number of aromatic nitrogens is 8. The second-order valence-electron chi connectivity index (χ2n) is 41.1. The van der Waals surface area contributed by atoms with E-state index in [1.807, 2.05) is 0 Å². The first-order valence-corrected chi connectivity index (χ1v) is 45.8. The highest BCUT2D eigenvalue weighted by Gasteiger charge is 2.34. The number of benzene rings is 11. The first kappa shape index (κ1) is 92.2. The molecule has 0 aliphatic heterocycles. The van der Waals surface area contributed by atoms with Crippen molar-refractivity contribution in [2.45, 2.75) is 279 Å². The molecule has 0 fully saturated rings. The third-order valence-electron chi connectivity index (χ3n) is 26.1. The molecule has 8 nitrogen and oxygen atoms in total. The molecule has 0 aliphatic carbocycles. The average Bonchev–Trinajstić information content (AvgIpc) is 1.41. The Balaban J connectivity index is 0.000000154. The van der Waals surface area contributed by atoms with Crippen molar-refractivity contribution in [2.75, 3.05) is 0 Å². The maximum atomic E-state index is 2.49. The lowest BCUT2D eigenvalue weighted by molar-refractivity contribution is -0.652. The van der Waals surface area contributed by atoms with Gasteiger partial charge in [-0.05, 0) is 259 Å². The Kier molecular flexibility index (Phi) is 27.0. The topological polar surface area (TPSA) is 35.2 Å². The molecule has 0 bridgehead atoms. The zero-order chi connectivity index (χ0) is 90.6. The Labute approximate surface area is 746 Å². The van der Waals surface area contributed by atoms with Crippen LogP contribution in [0.5, 0.6) is 0 Å². The Bertz CT molecular complexity index is 6320. The third-order valence-corrected chi connectivity index (χ3v) is 26.1. The predicted octanol–water partition coefficient (Wildman–Crippen LogP) is 29.3. The molecule has 8 heteroatoms. The Morgan fingerprint density at radius 3 is 1.06 bits per heavy atom. The van der Waals surface area contributed by atoms with Crippen molar-refractivity contribution in [1.82, 2.24) is 18.3 Å². The van der Waals surface area contributed by atoms with Crippen LogP contribution in [-0.2, 0) is 35.8 Å². The highest BCUT2D eigenvalue weighted by Crippen LogP contribution is 2.46. The van der Waals surface area contributed by atoms with E-state index in [9.17, 15) is 0 Å². The standard InChI is InChI=1S/C36H47N2.C35H47N2.C25H27N2.C20H25N2/c1-23(2)28-19-31(24(3)4)35(32(20-28)25(5)6)29-21-33(36(9,10)11)26(7)34(22-29)38-18-17-37(27(38)8)30-15-13-12-14-16-30;1-21(2)26-17-28(22(3)4)34(29(18-26)23(5)6)27-19-30(35(9,10)11)24(7)33(20-27)37-25(8)36(12)31-15-13-14-16-32(31)37;1-18-21(25(3,4)5)14-11-17-22(18)27-19(2)26(20-12-7-6-8-13-20)23-15-9-10-16-24(23)27;1-14-16(20(3,4)5)10-9-13-17(14)22-15(2)21(6)18-11-7-8-12-19(18)22/h12-25H,1-11H3;13-23H,1-12H3;6-17H,1-5H3;7-13H,1-6H3/q4*+1. The normalized spacial score (nSPS) is 12.2. The van der Waals surface area contributed by atoms with Crippen LogP contribution < -0.4 is 18.3 Å². The van der Waals surface area contributed by atoms with Gasteiger partial charge >= 0.3 is 0 Å². The number of para-hydroxylation sites is 8. The summed E-state index contributed by atoms with van der Waals surface area (Å²) in [6, 6.07) is 80.3. The van der Waals surface area contributed by atoms with Crippen LogP contribution in [0, 0.1) is 55.4 Å². The van der Waals surface area contributed by atoms with E-state index in [1.54, 1.807) is 0 Å². The van der Waals surface area contributed by atoms with E-state index in [2.05, 4.69) is 503 Å². The van der Waals surface area contributed by atoms with Gasteiger partial charge in [0.15, 0.2) is 33.1 Å². The fourth-order valence-corrected chi connectivity index (χ4v) is 19.2. The number of rotatable bonds is 14. The molecular formula is C116H146N8+4. The summed E-state index contributed by atoms with van der Waals surface area (Å²) in [6.45, 7) is 73.6. The smallest absolute Gasteiger partial charge is 0.230 e. The van der Waals surface area contributed by atoms with Crippen molar-refractivity contribution in [3.63, 3.8) is 0 Å².